The van der Waals surface area contributed by atoms with Crippen molar-refractivity contribution in [2.24, 2.45) is 0 Å². The first-order valence-corrected chi connectivity index (χ1v) is 10.8. The molecule has 3 aromatic rings. The van der Waals surface area contributed by atoms with Crippen molar-refractivity contribution in [3.63, 3.8) is 0 Å². The summed E-state index contributed by atoms with van der Waals surface area (Å²) in [5.41, 5.74) is 3.73. The molecule has 0 aliphatic carbocycles. The molecular formula is C27H24F2N2O2. The van der Waals surface area contributed by atoms with Crippen LogP contribution in [0.15, 0.2) is 72.4 Å². The maximum absolute atomic E-state index is 14.6. The van der Waals surface area contributed by atoms with Crippen LogP contribution in [0.25, 0.3) is 5.57 Å². The smallest absolute Gasteiger partial charge is 0.282 e. The number of carbonyl (C=O) groups is 2. The van der Waals surface area contributed by atoms with E-state index in [1.54, 1.807) is 6.07 Å². The number of carbonyl (C=O) groups excluding carboxylic acids is 2. The van der Waals surface area contributed by atoms with Gasteiger partial charge in [0.15, 0.2) is 0 Å². The molecule has 3 aromatic carbocycles. The largest absolute Gasteiger partial charge is 0.362 e. The lowest BCUT2D eigenvalue weighted by molar-refractivity contribution is -0.120. The van der Waals surface area contributed by atoms with Gasteiger partial charge in [-0.25, -0.2) is 13.7 Å². The Labute approximate surface area is 191 Å². The number of aryl methyl sites for hydroxylation is 2. The Morgan fingerprint density at radius 3 is 2.21 bits per heavy atom. The minimum atomic E-state index is -0.969. The van der Waals surface area contributed by atoms with Crippen LogP contribution in [0.4, 0.5) is 14.5 Å². The minimum absolute atomic E-state index is 0.207. The summed E-state index contributed by atoms with van der Waals surface area (Å²) in [4.78, 5) is 29.8. The number of likely N-dealkylation sites (N-methyl/N-ethyl adjacent to an activating group) is 1. The average molecular weight is 446 g/mol. The maximum Gasteiger partial charge on any atom is 0.282 e. The fraction of sp³-hybridized carbons (Fsp3) is 0.185. The zero-order chi connectivity index (χ0) is 23.7. The Morgan fingerprint density at radius 2 is 1.58 bits per heavy atom. The molecule has 0 unspecified atom stereocenters. The second kappa shape index (κ2) is 8.98. The highest BCUT2D eigenvalue weighted by molar-refractivity contribution is 6.45. The second-order valence-electron chi connectivity index (χ2n) is 8.06. The van der Waals surface area contributed by atoms with Crippen molar-refractivity contribution in [1.82, 2.24) is 4.90 Å². The van der Waals surface area contributed by atoms with E-state index < -0.39 is 23.4 Å². The fourth-order valence-electron chi connectivity index (χ4n) is 4.00. The molecule has 0 N–H and O–H groups in total. The lowest BCUT2D eigenvalue weighted by atomic mass is 9.99. The van der Waals surface area contributed by atoms with Gasteiger partial charge in [-0.15, -0.1) is 0 Å². The van der Waals surface area contributed by atoms with E-state index in [4.69, 9.17) is 0 Å². The number of nitrogens with zero attached hydrogens (tertiary/aromatic N) is 2. The van der Waals surface area contributed by atoms with Gasteiger partial charge in [0.1, 0.15) is 17.3 Å². The van der Waals surface area contributed by atoms with Crippen molar-refractivity contribution in [2.45, 2.75) is 27.3 Å². The molecule has 6 heteroatoms. The molecule has 0 aromatic heterocycles. The SMILES string of the molecule is CCN(Cc1ccccc1)C1=C(c2ccc(C)c(C)c2)C(=O)N(c2ccc(F)cc2F)C1=O. The Morgan fingerprint density at radius 1 is 0.848 bits per heavy atom. The number of hydrogen-bond acceptors (Lipinski definition) is 3. The van der Waals surface area contributed by atoms with Crippen molar-refractivity contribution in [3.05, 3.63) is 106 Å². The van der Waals surface area contributed by atoms with Crippen LogP contribution in [-0.2, 0) is 16.1 Å². The summed E-state index contributed by atoms with van der Waals surface area (Å²) in [7, 11) is 0. The van der Waals surface area contributed by atoms with E-state index in [1.807, 2.05) is 68.1 Å². The van der Waals surface area contributed by atoms with Gasteiger partial charge in [0.25, 0.3) is 11.8 Å². The average Bonchev–Trinajstić information content (AvgIpc) is 3.05. The van der Waals surface area contributed by atoms with Crippen molar-refractivity contribution >= 4 is 23.1 Å². The summed E-state index contributed by atoms with van der Waals surface area (Å²) in [5, 5.41) is 0. The molecule has 0 saturated carbocycles. The second-order valence-corrected chi connectivity index (χ2v) is 8.06. The normalized spacial score (nSPS) is 13.8. The van der Waals surface area contributed by atoms with Crippen LogP contribution in [0, 0.1) is 25.5 Å². The molecule has 2 amide bonds. The number of halogens is 2. The molecular weight excluding hydrogens is 422 g/mol. The molecule has 0 radical (unpaired) electrons. The summed E-state index contributed by atoms with van der Waals surface area (Å²) in [5.74, 6) is -3.01. The van der Waals surface area contributed by atoms with E-state index >= 15 is 0 Å². The Bertz CT molecular complexity index is 1270. The predicted octanol–water partition coefficient (Wildman–Crippen LogP) is 5.39. The quantitative estimate of drug-likeness (QED) is 0.477. The summed E-state index contributed by atoms with van der Waals surface area (Å²) in [6, 6.07) is 18.0. The molecule has 1 aliphatic heterocycles. The van der Waals surface area contributed by atoms with Crippen molar-refractivity contribution < 1.29 is 18.4 Å². The van der Waals surface area contributed by atoms with Gasteiger partial charge in [-0.05, 0) is 55.2 Å². The number of hydrogen-bond donors (Lipinski definition) is 0. The first-order chi connectivity index (χ1) is 15.8. The highest BCUT2D eigenvalue weighted by atomic mass is 19.1. The van der Waals surface area contributed by atoms with Gasteiger partial charge in [-0.3, -0.25) is 9.59 Å². The highest BCUT2D eigenvalue weighted by Gasteiger charge is 2.43. The Kier molecular flexibility index (Phi) is 6.09. The minimum Gasteiger partial charge on any atom is -0.362 e. The van der Waals surface area contributed by atoms with Gasteiger partial charge in [0.05, 0.1) is 11.3 Å². The molecule has 0 atom stereocenters. The van der Waals surface area contributed by atoms with Gasteiger partial charge in [-0.1, -0.05) is 48.5 Å². The number of benzene rings is 3. The molecule has 0 fully saturated rings. The maximum atomic E-state index is 14.6. The van der Waals surface area contributed by atoms with Crippen LogP contribution in [0.2, 0.25) is 0 Å². The van der Waals surface area contributed by atoms with E-state index in [-0.39, 0.29) is 17.0 Å². The first kappa shape index (κ1) is 22.4. The van der Waals surface area contributed by atoms with E-state index in [0.717, 1.165) is 33.7 Å². The zero-order valence-electron chi connectivity index (χ0n) is 18.7. The van der Waals surface area contributed by atoms with E-state index in [1.165, 1.54) is 0 Å². The monoisotopic (exact) mass is 446 g/mol. The topological polar surface area (TPSA) is 40.6 Å². The third-order valence-electron chi connectivity index (χ3n) is 5.92. The van der Waals surface area contributed by atoms with Crippen molar-refractivity contribution in [1.29, 1.82) is 0 Å². The summed E-state index contributed by atoms with van der Waals surface area (Å²) in [6.07, 6.45) is 0. The molecule has 0 bridgehead atoms. The lowest BCUT2D eigenvalue weighted by Crippen LogP contribution is -2.35. The summed E-state index contributed by atoms with van der Waals surface area (Å²) >= 11 is 0. The molecule has 1 heterocycles. The fourth-order valence-corrected chi connectivity index (χ4v) is 4.00. The third-order valence-corrected chi connectivity index (χ3v) is 5.92. The summed E-state index contributed by atoms with van der Waals surface area (Å²) < 4.78 is 28.1. The van der Waals surface area contributed by atoms with Crippen LogP contribution in [0.1, 0.15) is 29.2 Å². The van der Waals surface area contributed by atoms with Gasteiger partial charge >= 0.3 is 0 Å². The van der Waals surface area contributed by atoms with Gasteiger partial charge in [-0.2, -0.15) is 0 Å². The van der Waals surface area contributed by atoms with Crippen LogP contribution >= 0.6 is 0 Å². The molecule has 0 saturated heterocycles. The van der Waals surface area contributed by atoms with Gasteiger partial charge < -0.3 is 4.90 Å². The lowest BCUT2D eigenvalue weighted by Gasteiger charge is -2.25. The molecule has 0 spiro atoms. The molecule has 33 heavy (non-hydrogen) atoms. The highest BCUT2D eigenvalue weighted by Crippen LogP contribution is 2.37. The van der Waals surface area contributed by atoms with Crippen LogP contribution in [0.3, 0.4) is 0 Å². The van der Waals surface area contributed by atoms with Crippen LogP contribution in [-0.4, -0.2) is 23.3 Å². The summed E-state index contributed by atoms with van der Waals surface area (Å²) in [6.45, 7) is 6.65. The zero-order valence-corrected chi connectivity index (χ0v) is 18.7. The predicted molar refractivity (Wildman–Crippen MR) is 124 cm³/mol. The van der Waals surface area contributed by atoms with Gasteiger partial charge in [0, 0.05) is 19.2 Å². The number of imide groups is 1. The standard InChI is InChI=1S/C27H24F2N2O2/c1-4-30(16-19-8-6-5-7-9-19)25-24(20-11-10-17(2)18(3)14-20)26(32)31(27(25)33)23-13-12-21(28)15-22(23)29/h5-15H,4,16H2,1-3H3. The number of anilines is 1. The van der Waals surface area contributed by atoms with Crippen molar-refractivity contribution in [2.75, 3.05) is 11.4 Å². The molecule has 4 rings (SSSR count). The third kappa shape index (κ3) is 4.16. The first-order valence-electron chi connectivity index (χ1n) is 10.8. The molecule has 1 aliphatic rings. The van der Waals surface area contributed by atoms with Crippen LogP contribution < -0.4 is 4.90 Å². The Hall–Kier alpha value is -3.80. The molecule has 168 valence electrons. The van der Waals surface area contributed by atoms with Gasteiger partial charge in [0.2, 0.25) is 0 Å². The van der Waals surface area contributed by atoms with E-state index in [9.17, 15) is 18.4 Å². The van der Waals surface area contributed by atoms with E-state index in [0.29, 0.717) is 24.7 Å². The number of rotatable bonds is 6. The number of amides is 2. The Balaban J connectivity index is 1.87. The van der Waals surface area contributed by atoms with E-state index in [2.05, 4.69) is 0 Å². The van der Waals surface area contributed by atoms with Crippen molar-refractivity contribution in [3.8, 4) is 0 Å². The molecule has 4 nitrogen and oxygen atoms in total. The van der Waals surface area contributed by atoms with Crippen LogP contribution in [0.5, 0.6) is 0 Å².